The highest BCUT2D eigenvalue weighted by molar-refractivity contribution is 6.22. The van der Waals surface area contributed by atoms with E-state index in [1.54, 1.807) is 0 Å². The van der Waals surface area contributed by atoms with Crippen molar-refractivity contribution < 1.29 is 0 Å². The van der Waals surface area contributed by atoms with Crippen LogP contribution in [0.3, 0.4) is 0 Å². The second-order valence-corrected chi connectivity index (χ2v) is 16.8. The highest BCUT2D eigenvalue weighted by Crippen LogP contribution is 2.44. The normalized spacial score (nSPS) is 11.7. The van der Waals surface area contributed by atoms with Gasteiger partial charge in [-0.1, -0.05) is 140 Å². The SMILES string of the molecule is N#Cc1c(C=N)ccc(-n2c3ccc(-n4c5ccccc5c5ccccc54)cc3c3c4ccccc4ccc32)c1-n1c2ccc(-c3ccccc3)cc2c2cc(-c3ccccc3)ccc21. The Balaban J connectivity index is 1.15. The Morgan fingerprint density at radius 3 is 1.52 bits per heavy atom. The Labute approximate surface area is 374 Å². The Bertz CT molecular complexity index is 3990. The maximum atomic E-state index is 11.3. The van der Waals surface area contributed by atoms with Gasteiger partial charge in [-0.25, -0.2) is 0 Å². The molecule has 0 atom stereocenters. The van der Waals surface area contributed by atoms with Crippen molar-refractivity contribution in [3.05, 3.63) is 223 Å². The minimum atomic E-state index is 0.438. The summed E-state index contributed by atoms with van der Waals surface area (Å²) < 4.78 is 6.98. The zero-order valence-corrected chi connectivity index (χ0v) is 35.1. The standard InChI is InChI=1S/C60H37N5/c61-36-43-26-31-58(60(51(43)37-62)65-54-28-24-41(38-13-3-1-4-14-38)33-48(54)49-34-42(25-29-55(49)65)39-15-5-2-6-16-39)64-56-32-27-44(35-50(56)59-45-18-8-7-17-40(45)23-30-57(59)64)63-52-21-11-9-19-46(52)47-20-10-12-22-53(47)63/h1-36,61H. The van der Waals surface area contributed by atoms with Crippen LogP contribution in [0, 0.1) is 16.7 Å². The zero-order chi connectivity index (χ0) is 43.2. The number of nitrogens with zero attached hydrogens (tertiary/aromatic N) is 4. The highest BCUT2D eigenvalue weighted by Gasteiger charge is 2.25. The smallest absolute Gasteiger partial charge is 0.102 e. The van der Waals surface area contributed by atoms with E-state index in [9.17, 15) is 5.26 Å². The molecule has 3 heterocycles. The third kappa shape index (κ3) is 5.41. The fraction of sp³-hybridized carbons (Fsp3) is 0. The van der Waals surface area contributed by atoms with Crippen molar-refractivity contribution in [1.29, 1.82) is 10.7 Å². The molecule has 0 fully saturated rings. The molecule has 0 aliphatic heterocycles. The van der Waals surface area contributed by atoms with Gasteiger partial charge in [0.15, 0.2) is 0 Å². The summed E-state index contributed by atoms with van der Waals surface area (Å²) in [6, 6.07) is 78.0. The Kier molecular flexibility index (Phi) is 8.05. The number of rotatable bonds is 6. The van der Waals surface area contributed by atoms with Crippen LogP contribution < -0.4 is 0 Å². The van der Waals surface area contributed by atoms with Crippen LogP contribution in [-0.4, -0.2) is 19.9 Å². The first kappa shape index (κ1) is 36.7. The van der Waals surface area contributed by atoms with E-state index in [1.165, 1.54) is 17.0 Å². The third-order valence-corrected chi connectivity index (χ3v) is 13.4. The second kappa shape index (κ2) is 14.3. The van der Waals surface area contributed by atoms with Gasteiger partial charge in [0, 0.05) is 49.8 Å². The summed E-state index contributed by atoms with van der Waals surface area (Å²) in [5.74, 6) is 0. The quantitative estimate of drug-likeness (QED) is 0.167. The molecule has 0 aliphatic rings. The lowest BCUT2D eigenvalue weighted by Crippen LogP contribution is -2.08. The van der Waals surface area contributed by atoms with Crippen LogP contribution in [0.5, 0.6) is 0 Å². The molecule has 302 valence electrons. The fourth-order valence-corrected chi connectivity index (χ4v) is 10.5. The van der Waals surface area contributed by atoms with Crippen LogP contribution in [0.1, 0.15) is 11.1 Å². The van der Waals surface area contributed by atoms with Gasteiger partial charge < -0.3 is 19.1 Å². The van der Waals surface area contributed by atoms with Crippen molar-refractivity contribution in [1.82, 2.24) is 13.7 Å². The number of benzene rings is 10. The molecule has 3 aromatic heterocycles. The van der Waals surface area contributed by atoms with E-state index in [1.807, 2.05) is 18.2 Å². The third-order valence-electron chi connectivity index (χ3n) is 13.4. The van der Waals surface area contributed by atoms with Gasteiger partial charge in [0.25, 0.3) is 0 Å². The van der Waals surface area contributed by atoms with Crippen molar-refractivity contribution in [2.75, 3.05) is 0 Å². The monoisotopic (exact) mass is 827 g/mol. The topological polar surface area (TPSA) is 62.4 Å². The first-order valence-corrected chi connectivity index (χ1v) is 21.9. The molecule has 0 bridgehead atoms. The predicted molar refractivity (Wildman–Crippen MR) is 270 cm³/mol. The number of hydrogen-bond acceptors (Lipinski definition) is 2. The largest absolute Gasteiger partial charge is 0.309 e. The van der Waals surface area contributed by atoms with Gasteiger partial charge in [0.05, 0.1) is 50.0 Å². The van der Waals surface area contributed by atoms with Gasteiger partial charge >= 0.3 is 0 Å². The minimum Gasteiger partial charge on any atom is -0.309 e. The first-order valence-electron chi connectivity index (χ1n) is 21.9. The molecule has 1 N–H and O–H groups in total. The van der Waals surface area contributed by atoms with Crippen LogP contribution in [-0.2, 0) is 0 Å². The maximum absolute atomic E-state index is 11.3. The van der Waals surface area contributed by atoms with Gasteiger partial charge in [0.2, 0.25) is 0 Å². The number of nitriles is 1. The summed E-state index contributed by atoms with van der Waals surface area (Å²) >= 11 is 0. The van der Waals surface area contributed by atoms with E-state index >= 15 is 0 Å². The van der Waals surface area contributed by atoms with Crippen molar-refractivity contribution in [2.24, 2.45) is 0 Å². The summed E-state index contributed by atoms with van der Waals surface area (Å²) in [6.07, 6.45) is 1.30. The molecule has 13 rings (SSSR count). The van der Waals surface area contributed by atoms with Gasteiger partial charge in [-0.3, -0.25) is 0 Å². The molecule has 10 aromatic carbocycles. The average molecular weight is 828 g/mol. The molecule has 5 heteroatoms. The molecule has 0 saturated carbocycles. The fourth-order valence-electron chi connectivity index (χ4n) is 10.5. The van der Waals surface area contributed by atoms with Crippen LogP contribution >= 0.6 is 0 Å². The van der Waals surface area contributed by atoms with Crippen LogP contribution in [0.2, 0.25) is 0 Å². The summed E-state index contributed by atoms with van der Waals surface area (Å²) in [5.41, 5.74) is 14.5. The molecule has 0 saturated heterocycles. The lowest BCUT2D eigenvalue weighted by molar-refractivity contribution is 1.09. The van der Waals surface area contributed by atoms with E-state index in [0.29, 0.717) is 11.1 Å². The molecule has 0 radical (unpaired) electrons. The van der Waals surface area contributed by atoms with Gasteiger partial charge in [0.1, 0.15) is 6.07 Å². The summed E-state index contributed by atoms with van der Waals surface area (Å²) in [4.78, 5) is 0. The lowest BCUT2D eigenvalue weighted by Gasteiger charge is -2.19. The van der Waals surface area contributed by atoms with Gasteiger partial charge in [-0.2, -0.15) is 5.26 Å². The number of fused-ring (bicyclic) bond motifs is 11. The van der Waals surface area contributed by atoms with Crippen LogP contribution in [0.25, 0.3) is 116 Å². The number of nitrogens with one attached hydrogen (secondary N) is 1. The zero-order valence-electron chi connectivity index (χ0n) is 35.1. The molecular weight excluding hydrogens is 791 g/mol. The number of para-hydroxylation sites is 2. The second-order valence-electron chi connectivity index (χ2n) is 16.8. The molecule has 0 aliphatic carbocycles. The summed E-state index contributed by atoms with van der Waals surface area (Å²) in [7, 11) is 0. The summed E-state index contributed by atoms with van der Waals surface area (Å²) in [6.45, 7) is 0. The van der Waals surface area contributed by atoms with Crippen molar-refractivity contribution in [3.63, 3.8) is 0 Å². The molecular formula is C60H37N5. The van der Waals surface area contributed by atoms with Gasteiger partial charge in [-0.05, 0) is 106 Å². The Morgan fingerprint density at radius 2 is 0.908 bits per heavy atom. The molecule has 65 heavy (non-hydrogen) atoms. The molecule has 0 unspecified atom stereocenters. The first-order chi connectivity index (χ1) is 32.2. The van der Waals surface area contributed by atoms with Crippen LogP contribution in [0.15, 0.2) is 212 Å². The highest BCUT2D eigenvalue weighted by atomic mass is 15.1. The number of hydrogen-bond donors (Lipinski definition) is 1. The van der Waals surface area contributed by atoms with E-state index < -0.39 is 0 Å². The van der Waals surface area contributed by atoms with E-state index in [2.05, 4.69) is 214 Å². The molecule has 0 amide bonds. The average Bonchev–Trinajstić information content (AvgIpc) is 4.01. The lowest BCUT2D eigenvalue weighted by atomic mass is 10.0. The predicted octanol–water partition coefficient (Wildman–Crippen LogP) is 15.3. The molecule has 0 spiro atoms. The van der Waals surface area contributed by atoms with E-state index in [0.717, 1.165) is 105 Å². The Hall–Kier alpha value is -8.98. The maximum Gasteiger partial charge on any atom is 0.102 e. The van der Waals surface area contributed by atoms with Crippen LogP contribution in [0.4, 0.5) is 0 Å². The van der Waals surface area contributed by atoms with E-state index in [-0.39, 0.29) is 0 Å². The molecule has 13 aromatic rings. The van der Waals surface area contributed by atoms with Crippen molar-refractivity contribution in [2.45, 2.75) is 0 Å². The van der Waals surface area contributed by atoms with Crippen molar-refractivity contribution in [3.8, 4) is 45.4 Å². The van der Waals surface area contributed by atoms with Gasteiger partial charge in [-0.15, -0.1) is 0 Å². The summed E-state index contributed by atoms with van der Waals surface area (Å²) in [5, 5.41) is 29.0. The van der Waals surface area contributed by atoms with E-state index in [4.69, 9.17) is 5.41 Å². The minimum absolute atomic E-state index is 0.438. The van der Waals surface area contributed by atoms with Crippen molar-refractivity contribution >= 4 is 82.4 Å². The number of aromatic nitrogens is 3. The Morgan fingerprint density at radius 1 is 0.385 bits per heavy atom. The molecule has 5 nitrogen and oxygen atoms in total.